The van der Waals surface area contributed by atoms with E-state index in [9.17, 15) is 4.79 Å². The second-order valence-corrected chi connectivity index (χ2v) is 5.84. The quantitative estimate of drug-likeness (QED) is 0.449. The highest BCUT2D eigenvalue weighted by atomic mass is 35.5. The number of hydrogen-bond donors (Lipinski definition) is 3. The number of benzene rings is 1. The van der Waals surface area contributed by atoms with Gasteiger partial charge >= 0.3 is 5.69 Å². The predicted molar refractivity (Wildman–Crippen MR) is 102 cm³/mol. The summed E-state index contributed by atoms with van der Waals surface area (Å²) in [6.45, 7) is 0.711. The Bertz CT molecular complexity index is 923. The minimum Gasteiger partial charge on any atom is -0.495 e. The minimum absolute atomic E-state index is 0. The van der Waals surface area contributed by atoms with Crippen molar-refractivity contribution in [1.82, 2.24) is 14.6 Å². The maximum atomic E-state index is 11.6. The lowest BCUT2D eigenvalue weighted by Gasteiger charge is -2.09. The number of rotatable bonds is 6. The molecule has 0 saturated heterocycles. The topological polar surface area (TPSA) is 97.4 Å². The summed E-state index contributed by atoms with van der Waals surface area (Å²) >= 11 is 6.04. The Morgan fingerprint density at radius 1 is 1.40 bits per heavy atom. The standard InChI is InChI=1S/C16H18ClN5O2.ClH/c1-24-14-5-4-10(7-12(14)18)3-2-6-19-13-8-11(17)9-22-15(13)20-21-16(22)23;/h4-5,7-9,19H,2-3,6,18H2,1H3,(H,21,23);1H. The molecule has 0 aliphatic carbocycles. The number of nitrogens with one attached hydrogen (secondary N) is 2. The third kappa shape index (κ3) is 4.18. The van der Waals surface area contributed by atoms with Crippen molar-refractivity contribution in [3.8, 4) is 5.75 Å². The summed E-state index contributed by atoms with van der Waals surface area (Å²) in [6, 6.07) is 7.54. The number of fused-ring (bicyclic) bond motifs is 1. The lowest BCUT2D eigenvalue weighted by Crippen LogP contribution is -2.10. The molecule has 7 nitrogen and oxygen atoms in total. The van der Waals surface area contributed by atoms with E-state index in [1.165, 1.54) is 10.6 Å². The van der Waals surface area contributed by atoms with Crippen molar-refractivity contribution in [3.63, 3.8) is 0 Å². The van der Waals surface area contributed by atoms with Crippen LogP contribution in [0.5, 0.6) is 5.75 Å². The Balaban J connectivity index is 0.00000225. The molecule has 0 bridgehead atoms. The van der Waals surface area contributed by atoms with Crippen molar-refractivity contribution in [3.05, 3.63) is 51.5 Å². The lowest BCUT2D eigenvalue weighted by molar-refractivity contribution is 0.417. The summed E-state index contributed by atoms with van der Waals surface area (Å²) in [5.41, 5.74) is 8.61. The first-order chi connectivity index (χ1) is 11.6. The molecule has 0 fully saturated rings. The SMILES string of the molecule is COc1ccc(CCCNc2cc(Cl)cn3c(=O)[nH]nc23)cc1N.Cl. The zero-order valence-electron chi connectivity index (χ0n) is 13.6. The van der Waals surface area contributed by atoms with Crippen molar-refractivity contribution in [2.24, 2.45) is 0 Å². The third-order valence-electron chi connectivity index (χ3n) is 3.73. The van der Waals surface area contributed by atoms with Crippen molar-refractivity contribution in [1.29, 1.82) is 0 Å². The number of halogens is 2. The van der Waals surface area contributed by atoms with Gasteiger partial charge in [0, 0.05) is 12.7 Å². The summed E-state index contributed by atoms with van der Waals surface area (Å²) in [7, 11) is 1.60. The van der Waals surface area contributed by atoms with Crippen molar-refractivity contribution in [2.45, 2.75) is 12.8 Å². The molecule has 3 aromatic rings. The van der Waals surface area contributed by atoms with Crippen molar-refractivity contribution < 1.29 is 4.74 Å². The maximum Gasteiger partial charge on any atom is 0.347 e. The number of nitrogens with two attached hydrogens (primary N) is 1. The second kappa shape index (κ2) is 8.13. The van der Waals surface area contributed by atoms with Gasteiger partial charge in [-0.25, -0.2) is 14.3 Å². The molecule has 0 amide bonds. The Labute approximate surface area is 155 Å². The predicted octanol–water partition coefficient (Wildman–Crippen LogP) is 2.73. The number of pyridine rings is 1. The van der Waals surface area contributed by atoms with Gasteiger partial charge in [0.2, 0.25) is 0 Å². The zero-order chi connectivity index (χ0) is 17.1. The molecule has 0 aliphatic rings. The largest absolute Gasteiger partial charge is 0.495 e. The van der Waals surface area contributed by atoms with Crippen LogP contribution in [0.3, 0.4) is 0 Å². The molecular weight excluding hydrogens is 365 g/mol. The van der Waals surface area contributed by atoms with Gasteiger partial charge in [-0.15, -0.1) is 12.4 Å². The number of aryl methyl sites for hydroxylation is 1. The fourth-order valence-electron chi connectivity index (χ4n) is 2.56. The van der Waals surface area contributed by atoms with Crippen LogP contribution in [0.4, 0.5) is 11.4 Å². The van der Waals surface area contributed by atoms with Crippen LogP contribution in [0.1, 0.15) is 12.0 Å². The van der Waals surface area contributed by atoms with Gasteiger partial charge < -0.3 is 15.8 Å². The Morgan fingerprint density at radius 3 is 2.92 bits per heavy atom. The summed E-state index contributed by atoms with van der Waals surface area (Å²) in [4.78, 5) is 11.6. The van der Waals surface area contributed by atoms with E-state index in [2.05, 4.69) is 15.5 Å². The molecule has 0 atom stereocenters. The number of hydrogen-bond acceptors (Lipinski definition) is 5. The highest BCUT2D eigenvalue weighted by molar-refractivity contribution is 6.30. The van der Waals surface area contributed by atoms with Gasteiger partial charge in [-0.3, -0.25) is 0 Å². The Kier molecular flexibility index (Phi) is 6.17. The second-order valence-electron chi connectivity index (χ2n) is 5.40. The highest BCUT2D eigenvalue weighted by Gasteiger charge is 2.08. The van der Waals surface area contributed by atoms with E-state index >= 15 is 0 Å². The van der Waals surface area contributed by atoms with Gasteiger partial charge in [0.1, 0.15) is 5.75 Å². The van der Waals surface area contributed by atoms with Crippen LogP contribution in [-0.4, -0.2) is 28.3 Å². The molecule has 0 saturated carbocycles. The zero-order valence-corrected chi connectivity index (χ0v) is 15.2. The number of nitrogens with zero attached hydrogens (tertiary/aromatic N) is 2. The van der Waals surface area contributed by atoms with Crippen LogP contribution < -0.4 is 21.5 Å². The van der Waals surface area contributed by atoms with Crippen LogP contribution in [0.25, 0.3) is 5.65 Å². The Morgan fingerprint density at radius 2 is 2.20 bits per heavy atom. The third-order valence-corrected chi connectivity index (χ3v) is 3.94. The van der Waals surface area contributed by atoms with E-state index in [0.717, 1.165) is 24.1 Å². The number of anilines is 2. The van der Waals surface area contributed by atoms with Crippen LogP contribution in [0, 0.1) is 0 Å². The summed E-state index contributed by atoms with van der Waals surface area (Å²) < 4.78 is 6.53. The molecule has 25 heavy (non-hydrogen) atoms. The van der Waals surface area contributed by atoms with Crippen molar-refractivity contribution >= 4 is 41.0 Å². The average Bonchev–Trinajstić information content (AvgIpc) is 2.93. The molecule has 3 rings (SSSR count). The fraction of sp³-hybridized carbons (Fsp3) is 0.250. The number of aromatic nitrogens is 3. The molecule has 134 valence electrons. The molecular formula is C16H19Cl2N5O2. The normalized spacial score (nSPS) is 10.5. The molecule has 1 aromatic carbocycles. The summed E-state index contributed by atoms with van der Waals surface area (Å²) in [5, 5.41) is 10.1. The van der Waals surface area contributed by atoms with E-state index in [-0.39, 0.29) is 18.1 Å². The average molecular weight is 384 g/mol. The molecule has 2 aromatic heterocycles. The van der Waals surface area contributed by atoms with Gasteiger partial charge in [-0.05, 0) is 36.6 Å². The van der Waals surface area contributed by atoms with Crippen molar-refractivity contribution in [2.75, 3.05) is 24.7 Å². The number of ether oxygens (including phenoxy) is 1. The summed E-state index contributed by atoms with van der Waals surface area (Å²) in [6.07, 6.45) is 3.29. The molecule has 2 heterocycles. The lowest BCUT2D eigenvalue weighted by atomic mass is 10.1. The van der Waals surface area contributed by atoms with E-state index in [4.69, 9.17) is 22.1 Å². The van der Waals surface area contributed by atoms with Gasteiger partial charge in [0.05, 0.1) is 23.5 Å². The number of nitrogen functional groups attached to an aromatic ring is 1. The first-order valence-corrected chi connectivity index (χ1v) is 7.89. The van der Waals surface area contributed by atoms with Gasteiger partial charge in [0.25, 0.3) is 0 Å². The van der Waals surface area contributed by atoms with Gasteiger partial charge in [-0.1, -0.05) is 17.7 Å². The van der Waals surface area contributed by atoms with Crippen LogP contribution in [-0.2, 0) is 6.42 Å². The molecule has 0 radical (unpaired) electrons. The number of methoxy groups -OCH3 is 1. The molecule has 9 heteroatoms. The first kappa shape index (κ1) is 19.0. The van der Waals surface area contributed by atoms with Gasteiger partial charge in [0.15, 0.2) is 5.65 Å². The molecule has 0 unspecified atom stereocenters. The first-order valence-electron chi connectivity index (χ1n) is 7.51. The minimum atomic E-state index is -0.316. The summed E-state index contributed by atoms with van der Waals surface area (Å²) in [5.74, 6) is 0.683. The van der Waals surface area contributed by atoms with E-state index in [1.807, 2.05) is 18.2 Å². The van der Waals surface area contributed by atoms with Crippen LogP contribution in [0.15, 0.2) is 35.3 Å². The van der Waals surface area contributed by atoms with Gasteiger partial charge in [-0.2, -0.15) is 5.10 Å². The Hall–Kier alpha value is -2.38. The monoisotopic (exact) mass is 383 g/mol. The highest BCUT2D eigenvalue weighted by Crippen LogP contribution is 2.23. The molecule has 0 spiro atoms. The fourth-order valence-corrected chi connectivity index (χ4v) is 2.77. The molecule has 0 aliphatic heterocycles. The smallest absolute Gasteiger partial charge is 0.347 e. The number of aromatic amines is 1. The van der Waals surface area contributed by atoms with Crippen LogP contribution in [0.2, 0.25) is 5.02 Å². The maximum absolute atomic E-state index is 11.6. The van der Waals surface area contributed by atoms with E-state index in [0.29, 0.717) is 28.7 Å². The molecule has 4 N–H and O–H groups in total. The van der Waals surface area contributed by atoms with E-state index < -0.39 is 0 Å². The number of H-pyrrole nitrogens is 1. The van der Waals surface area contributed by atoms with E-state index in [1.54, 1.807) is 13.2 Å². The van der Waals surface area contributed by atoms with Crippen LogP contribution >= 0.6 is 24.0 Å².